The lowest BCUT2D eigenvalue weighted by Gasteiger charge is -2.16. The van der Waals surface area contributed by atoms with E-state index in [2.05, 4.69) is 20.8 Å². The lowest BCUT2D eigenvalue weighted by atomic mass is 9.94. The first-order valence-electron chi connectivity index (χ1n) is 10.5. The van der Waals surface area contributed by atoms with E-state index >= 15 is 0 Å². The summed E-state index contributed by atoms with van der Waals surface area (Å²) in [6.45, 7) is 0.807. The zero-order valence-electron chi connectivity index (χ0n) is 17.5. The SMILES string of the molecule is NCCC(C(=O)Nc1ccc2[nH]nc(C(=O)NCc3ccccc3)c2c1)c1ccccc1. The average molecular weight is 428 g/mol. The molecule has 1 heterocycles. The number of fused-ring (bicyclic) bond motifs is 1. The van der Waals surface area contributed by atoms with Crippen molar-refractivity contribution in [3.05, 3.63) is 95.7 Å². The predicted octanol–water partition coefficient (Wildman–Crippen LogP) is 3.56. The molecule has 4 aromatic rings. The molecular formula is C25H25N5O2. The number of aromatic amines is 1. The van der Waals surface area contributed by atoms with E-state index in [4.69, 9.17) is 5.73 Å². The summed E-state index contributed by atoms with van der Waals surface area (Å²) in [6.07, 6.45) is 0.539. The molecule has 0 spiro atoms. The fourth-order valence-corrected chi connectivity index (χ4v) is 3.66. The summed E-state index contributed by atoms with van der Waals surface area (Å²) < 4.78 is 0. The summed E-state index contributed by atoms with van der Waals surface area (Å²) in [5.41, 5.74) is 9.26. The van der Waals surface area contributed by atoms with Crippen LogP contribution in [0.5, 0.6) is 0 Å². The first-order chi connectivity index (χ1) is 15.7. The third-order valence-electron chi connectivity index (χ3n) is 5.32. The molecule has 0 saturated heterocycles. The third kappa shape index (κ3) is 4.84. The Morgan fingerprint density at radius 2 is 1.69 bits per heavy atom. The van der Waals surface area contributed by atoms with Crippen molar-refractivity contribution in [2.75, 3.05) is 11.9 Å². The van der Waals surface area contributed by atoms with E-state index < -0.39 is 0 Å². The highest BCUT2D eigenvalue weighted by atomic mass is 16.2. The fourth-order valence-electron chi connectivity index (χ4n) is 3.66. The van der Waals surface area contributed by atoms with E-state index in [0.29, 0.717) is 30.6 Å². The number of H-pyrrole nitrogens is 1. The van der Waals surface area contributed by atoms with E-state index in [1.165, 1.54) is 0 Å². The van der Waals surface area contributed by atoms with Gasteiger partial charge in [-0.15, -0.1) is 0 Å². The fraction of sp³-hybridized carbons (Fsp3) is 0.160. The molecule has 7 nitrogen and oxygen atoms in total. The van der Waals surface area contributed by atoms with Crippen LogP contribution in [0.3, 0.4) is 0 Å². The van der Waals surface area contributed by atoms with E-state index in [1.807, 2.05) is 60.7 Å². The Morgan fingerprint density at radius 3 is 2.41 bits per heavy atom. The van der Waals surface area contributed by atoms with Crippen LogP contribution in [0.15, 0.2) is 78.9 Å². The summed E-state index contributed by atoms with van der Waals surface area (Å²) in [5.74, 6) is -0.775. The van der Waals surface area contributed by atoms with E-state index in [9.17, 15) is 9.59 Å². The smallest absolute Gasteiger partial charge is 0.272 e. The second-order valence-corrected chi connectivity index (χ2v) is 7.53. The van der Waals surface area contributed by atoms with Crippen LogP contribution in [-0.2, 0) is 11.3 Å². The van der Waals surface area contributed by atoms with E-state index in [0.717, 1.165) is 16.6 Å². The maximum absolute atomic E-state index is 13.0. The van der Waals surface area contributed by atoms with Gasteiger partial charge in [-0.3, -0.25) is 14.7 Å². The van der Waals surface area contributed by atoms with Crippen LogP contribution in [0.1, 0.15) is 34.0 Å². The molecule has 0 aliphatic rings. The number of nitrogens with zero attached hydrogens (tertiary/aromatic N) is 1. The van der Waals surface area contributed by atoms with Crippen molar-refractivity contribution in [3.63, 3.8) is 0 Å². The van der Waals surface area contributed by atoms with Crippen LogP contribution in [-0.4, -0.2) is 28.6 Å². The topological polar surface area (TPSA) is 113 Å². The molecule has 0 fully saturated rings. The lowest BCUT2D eigenvalue weighted by molar-refractivity contribution is -0.117. The van der Waals surface area contributed by atoms with Gasteiger partial charge in [-0.1, -0.05) is 60.7 Å². The zero-order chi connectivity index (χ0) is 22.3. The number of nitrogens with two attached hydrogens (primary N) is 1. The zero-order valence-corrected chi connectivity index (χ0v) is 17.5. The molecule has 32 heavy (non-hydrogen) atoms. The van der Waals surface area contributed by atoms with Crippen molar-refractivity contribution in [1.29, 1.82) is 0 Å². The van der Waals surface area contributed by atoms with Gasteiger partial charge in [0.15, 0.2) is 5.69 Å². The Kier molecular flexibility index (Phi) is 6.57. The number of anilines is 1. The minimum Gasteiger partial charge on any atom is -0.347 e. The molecule has 4 rings (SSSR count). The number of carbonyl (C=O) groups is 2. The Bertz CT molecular complexity index is 1200. The molecule has 162 valence electrons. The molecule has 3 aromatic carbocycles. The number of carbonyl (C=O) groups excluding carboxylic acids is 2. The highest BCUT2D eigenvalue weighted by molar-refractivity contribution is 6.06. The van der Waals surface area contributed by atoms with Gasteiger partial charge in [0.05, 0.1) is 11.4 Å². The number of hydrogen-bond donors (Lipinski definition) is 4. The van der Waals surface area contributed by atoms with Gasteiger partial charge in [0.25, 0.3) is 5.91 Å². The molecule has 1 aromatic heterocycles. The highest BCUT2D eigenvalue weighted by Crippen LogP contribution is 2.24. The van der Waals surface area contributed by atoms with Crippen molar-refractivity contribution < 1.29 is 9.59 Å². The van der Waals surface area contributed by atoms with Crippen LogP contribution in [0.25, 0.3) is 10.9 Å². The summed E-state index contributed by atoms with van der Waals surface area (Å²) in [5, 5.41) is 13.5. The molecule has 1 atom stereocenters. The number of nitrogens with one attached hydrogen (secondary N) is 3. The average Bonchev–Trinajstić information content (AvgIpc) is 3.25. The molecule has 0 aliphatic carbocycles. The highest BCUT2D eigenvalue weighted by Gasteiger charge is 2.21. The van der Waals surface area contributed by atoms with Gasteiger partial charge < -0.3 is 16.4 Å². The molecule has 0 saturated carbocycles. The Balaban J connectivity index is 1.51. The largest absolute Gasteiger partial charge is 0.347 e. The van der Waals surface area contributed by atoms with Crippen molar-refractivity contribution in [2.24, 2.45) is 5.73 Å². The number of hydrogen-bond acceptors (Lipinski definition) is 4. The van der Waals surface area contributed by atoms with Gasteiger partial charge in [0.2, 0.25) is 5.91 Å². The summed E-state index contributed by atoms with van der Waals surface area (Å²) in [7, 11) is 0. The van der Waals surface area contributed by atoms with Gasteiger partial charge >= 0.3 is 0 Å². The molecule has 5 N–H and O–H groups in total. The monoisotopic (exact) mass is 427 g/mol. The van der Waals surface area contributed by atoms with Gasteiger partial charge in [-0.2, -0.15) is 5.10 Å². The number of rotatable bonds is 8. The van der Waals surface area contributed by atoms with E-state index in [-0.39, 0.29) is 23.4 Å². The summed E-state index contributed by atoms with van der Waals surface area (Å²) in [6, 6.07) is 24.6. The standard InChI is InChI=1S/C25H25N5O2/c26-14-13-20(18-9-5-2-6-10-18)24(31)28-19-11-12-22-21(15-19)23(30-29-22)25(32)27-16-17-7-3-1-4-8-17/h1-12,15,20H,13-14,16,26H2,(H,27,32)(H,28,31)(H,29,30). The first-order valence-corrected chi connectivity index (χ1v) is 10.5. The van der Waals surface area contributed by atoms with Gasteiger partial charge in [-0.05, 0) is 42.3 Å². The normalized spacial score (nSPS) is 11.8. The molecule has 1 unspecified atom stereocenters. The minimum atomic E-state index is -0.352. The number of aromatic nitrogens is 2. The quantitative estimate of drug-likeness (QED) is 0.344. The van der Waals surface area contributed by atoms with Gasteiger partial charge in [0, 0.05) is 17.6 Å². The Morgan fingerprint density at radius 1 is 0.969 bits per heavy atom. The molecule has 0 bridgehead atoms. The van der Waals surface area contributed by atoms with E-state index in [1.54, 1.807) is 18.2 Å². The van der Waals surface area contributed by atoms with Crippen molar-refractivity contribution in [3.8, 4) is 0 Å². The Labute approximate surface area is 186 Å². The van der Waals surface area contributed by atoms with Crippen molar-refractivity contribution >= 4 is 28.4 Å². The van der Waals surface area contributed by atoms with Crippen LogP contribution in [0, 0.1) is 0 Å². The molecule has 0 aliphatic heterocycles. The number of benzene rings is 3. The van der Waals surface area contributed by atoms with Crippen molar-refractivity contribution in [2.45, 2.75) is 18.9 Å². The van der Waals surface area contributed by atoms with Crippen LogP contribution < -0.4 is 16.4 Å². The first kappa shape index (κ1) is 21.3. The van der Waals surface area contributed by atoms with Crippen LogP contribution in [0.2, 0.25) is 0 Å². The second-order valence-electron chi connectivity index (χ2n) is 7.53. The maximum Gasteiger partial charge on any atom is 0.272 e. The van der Waals surface area contributed by atoms with Crippen LogP contribution >= 0.6 is 0 Å². The number of amides is 2. The third-order valence-corrected chi connectivity index (χ3v) is 5.32. The minimum absolute atomic E-state index is 0.139. The van der Waals surface area contributed by atoms with Gasteiger partial charge in [0.1, 0.15) is 0 Å². The summed E-state index contributed by atoms with van der Waals surface area (Å²) >= 11 is 0. The molecule has 2 amide bonds. The second kappa shape index (κ2) is 9.89. The Hall–Kier alpha value is -3.97. The van der Waals surface area contributed by atoms with Crippen molar-refractivity contribution in [1.82, 2.24) is 15.5 Å². The molecular weight excluding hydrogens is 402 g/mol. The molecule has 7 heteroatoms. The maximum atomic E-state index is 13.0. The predicted molar refractivity (Wildman–Crippen MR) is 125 cm³/mol. The van der Waals surface area contributed by atoms with Crippen LogP contribution in [0.4, 0.5) is 5.69 Å². The summed E-state index contributed by atoms with van der Waals surface area (Å²) in [4.78, 5) is 25.7. The molecule has 0 radical (unpaired) electrons. The lowest BCUT2D eigenvalue weighted by Crippen LogP contribution is -2.24. The van der Waals surface area contributed by atoms with Gasteiger partial charge in [-0.25, -0.2) is 0 Å².